The van der Waals surface area contributed by atoms with E-state index in [1.165, 1.54) is 12.3 Å². The molecule has 1 saturated heterocycles. The van der Waals surface area contributed by atoms with Gasteiger partial charge in [0.05, 0.1) is 6.04 Å². The number of ketones is 1. The number of nitrogens with zero attached hydrogens (tertiary/aromatic N) is 2. The van der Waals surface area contributed by atoms with E-state index in [0.717, 1.165) is 11.3 Å². The summed E-state index contributed by atoms with van der Waals surface area (Å²) in [5, 5.41) is 5.64. The first-order chi connectivity index (χ1) is 10.7. The van der Waals surface area contributed by atoms with Crippen molar-refractivity contribution in [2.24, 2.45) is 0 Å². The van der Waals surface area contributed by atoms with Gasteiger partial charge in [0.15, 0.2) is 5.13 Å². The van der Waals surface area contributed by atoms with Crippen molar-refractivity contribution in [3.8, 4) is 0 Å². The van der Waals surface area contributed by atoms with Crippen molar-refractivity contribution in [2.45, 2.75) is 19.0 Å². The van der Waals surface area contributed by atoms with Crippen LogP contribution in [-0.2, 0) is 24.7 Å². The van der Waals surface area contributed by atoms with E-state index in [0.29, 0.717) is 6.41 Å². The molecule has 1 aliphatic rings. The number of anilines is 1. The first-order valence-corrected chi connectivity index (χ1v) is 8.26. The first-order valence-electron chi connectivity index (χ1n) is 5.98. The molecule has 1 fully saturated rings. The Morgan fingerprint density at radius 1 is 1.46 bits per heavy atom. The second-order valence-electron chi connectivity index (χ2n) is 4.43. The van der Waals surface area contributed by atoms with Crippen molar-refractivity contribution in [3.05, 3.63) is 11.1 Å². The molecule has 0 radical (unpaired) electrons. The Balaban J connectivity index is 0.00000288. The fourth-order valence-electron chi connectivity index (χ4n) is 1.92. The average Bonchev–Trinajstić information content (AvgIpc) is 2.91. The summed E-state index contributed by atoms with van der Waals surface area (Å²) >= 11 is 0.921. The second kappa shape index (κ2) is 8.09. The Morgan fingerprint density at radius 2 is 2.08 bits per heavy atom. The van der Waals surface area contributed by atoms with Gasteiger partial charge >= 0.3 is 61.7 Å². The molecule has 1 aromatic heterocycles. The van der Waals surface area contributed by atoms with Gasteiger partial charge in [0.25, 0.3) is 17.6 Å². The maximum absolute atomic E-state index is 11.9. The summed E-state index contributed by atoms with van der Waals surface area (Å²) in [4.78, 5) is 49.2. The number of hydrogen-bond acceptors (Lipinski definition) is 8. The molecule has 11 nitrogen and oxygen atoms in total. The third-order valence-electron chi connectivity index (χ3n) is 3.00. The quantitative estimate of drug-likeness (QED) is 0.120. The minimum absolute atomic E-state index is 0. The number of carbonyl (C=O) groups is 4. The normalized spacial score (nSPS) is 19.8. The van der Waals surface area contributed by atoms with Crippen molar-refractivity contribution in [2.75, 3.05) is 5.32 Å². The van der Waals surface area contributed by atoms with Gasteiger partial charge in [-0.3, -0.25) is 23.7 Å². The number of carbonyl (C=O) groups excluding carboxylic acids is 4. The standard InChI is InChI=1S/C10H10N4O7S2.K.H/c1-4-6(9(18)14(4)23(19,20)21)13-8(17)7(16)5-2-22-10(12-5)11-3-15;;/h2-4,6H,1H3,(H,13,17)(H,11,12,15)(H,19,20,21);;/t4?,6-;;/m0../s1. The monoisotopic (exact) mass is 402 g/mol. The molecule has 24 heavy (non-hydrogen) atoms. The molecule has 2 atom stereocenters. The Morgan fingerprint density at radius 3 is 2.58 bits per heavy atom. The van der Waals surface area contributed by atoms with Gasteiger partial charge < -0.3 is 10.6 Å². The zero-order valence-electron chi connectivity index (χ0n) is 11.4. The molecule has 3 N–H and O–H groups in total. The molecule has 126 valence electrons. The van der Waals surface area contributed by atoms with E-state index in [-0.39, 0.29) is 66.5 Å². The molecule has 0 spiro atoms. The summed E-state index contributed by atoms with van der Waals surface area (Å²) in [6, 6.07) is -2.28. The van der Waals surface area contributed by atoms with E-state index in [4.69, 9.17) is 4.55 Å². The van der Waals surface area contributed by atoms with Gasteiger partial charge in [0, 0.05) is 5.38 Å². The number of amides is 3. The number of rotatable bonds is 6. The summed E-state index contributed by atoms with van der Waals surface area (Å²) in [6.45, 7) is 1.28. The second-order valence-corrected chi connectivity index (χ2v) is 6.58. The van der Waals surface area contributed by atoms with Gasteiger partial charge in [-0.05, 0) is 6.92 Å². The van der Waals surface area contributed by atoms with Gasteiger partial charge in [-0.2, -0.15) is 8.42 Å². The zero-order chi connectivity index (χ0) is 17.4. The van der Waals surface area contributed by atoms with Crippen LogP contribution in [0.1, 0.15) is 17.4 Å². The van der Waals surface area contributed by atoms with Crippen LogP contribution in [0, 0.1) is 0 Å². The third-order valence-corrected chi connectivity index (χ3v) is 4.78. The van der Waals surface area contributed by atoms with Crippen molar-refractivity contribution < 1.29 is 32.1 Å². The zero-order valence-corrected chi connectivity index (χ0v) is 13.1. The molecule has 0 aliphatic carbocycles. The molecule has 0 aromatic carbocycles. The molecule has 14 heteroatoms. The van der Waals surface area contributed by atoms with Crippen LogP contribution in [0.25, 0.3) is 0 Å². The van der Waals surface area contributed by atoms with Crippen LogP contribution >= 0.6 is 11.3 Å². The average molecular weight is 402 g/mol. The molecule has 1 unspecified atom stereocenters. The van der Waals surface area contributed by atoms with Crippen molar-refractivity contribution in [1.82, 2.24) is 14.6 Å². The SMILES string of the molecule is CC1[C@H](NC(=O)C(=O)c2csc(NC=O)n2)C(=O)N1S(=O)(=O)O.[KH]. The van der Waals surface area contributed by atoms with Crippen molar-refractivity contribution in [1.29, 1.82) is 0 Å². The topological polar surface area (TPSA) is 163 Å². The molecular weight excluding hydrogens is 391 g/mol. The van der Waals surface area contributed by atoms with Crippen LogP contribution in [0.15, 0.2) is 5.38 Å². The van der Waals surface area contributed by atoms with Gasteiger partial charge in [0.1, 0.15) is 11.7 Å². The summed E-state index contributed by atoms with van der Waals surface area (Å²) in [5.74, 6) is -3.26. The van der Waals surface area contributed by atoms with Crippen molar-refractivity contribution >= 4 is 102 Å². The number of thiazole rings is 1. The summed E-state index contributed by atoms with van der Waals surface area (Å²) in [6.07, 6.45) is 0.353. The molecule has 2 rings (SSSR count). The number of β-lactam (4-membered cyclic amide) rings is 1. The molecule has 2 heterocycles. The summed E-state index contributed by atoms with van der Waals surface area (Å²) in [7, 11) is -4.71. The van der Waals surface area contributed by atoms with Crippen LogP contribution in [-0.4, -0.2) is 110 Å². The van der Waals surface area contributed by atoms with Gasteiger partial charge in [0.2, 0.25) is 6.41 Å². The first kappa shape index (κ1) is 21.3. The van der Waals surface area contributed by atoms with E-state index in [2.05, 4.69) is 15.6 Å². The Kier molecular flexibility index (Phi) is 7.18. The van der Waals surface area contributed by atoms with Crippen LogP contribution in [0.3, 0.4) is 0 Å². The molecule has 0 bridgehead atoms. The Hall–Kier alpha value is -0.744. The van der Waals surface area contributed by atoms with Gasteiger partial charge in [-0.1, -0.05) is 0 Å². The van der Waals surface area contributed by atoms with E-state index < -0.39 is 40.0 Å². The van der Waals surface area contributed by atoms with E-state index in [9.17, 15) is 27.6 Å². The Labute approximate surface area is 182 Å². The van der Waals surface area contributed by atoms with Gasteiger partial charge in [-0.25, -0.2) is 9.29 Å². The van der Waals surface area contributed by atoms with E-state index >= 15 is 0 Å². The molecule has 1 aliphatic heterocycles. The molecule has 0 saturated carbocycles. The number of Topliss-reactive ketones (excluding diaryl/α,β-unsaturated/α-hetero) is 1. The van der Waals surface area contributed by atoms with Crippen LogP contribution in [0.5, 0.6) is 0 Å². The predicted octanol–water partition coefficient (Wildman–Crippen LogP) is -2.24. The maximum atomic E-state index is 11.9. The fraction of sp³-hybridized carbons (Fsp3) is 0.300. The Bertz CT molecular complexity index is 793. The van der Waals surface area contributed by atoms with Crippen molar-refractivity contribution in [3.63, 3.8) is 0 Å². The number of nitrogens with one attached hydrogen (secondary N) is 2. The third kappa shape index (κ3) is 4.26. The fourth-order valence-corrected chi connectivity index (χ4v) is 3.45. The number of aromatic nitrogens is 1. The minimum atomic E-state index is -4.71. The van der Waals surface area contributed by atoms with Gasteiger partial charge in [-0.15, -0.1) is 11.3 Å². The van der Waals surface area contributed by atoms with E-state index in [1.807, 2.05) is 0 Å². The predicted molar refractivity (Wildman–Crippen MR) is 83.1 cm³/mol. The summed E-state index contributed by atoms with van der Waals surface area (Å²) < 4.78 is 30.9. The number of hydrogen-bond donors (Lipinski definition) is 3. The van der Waals surface area contributed by atoms with E-state index in [1.54, 1.807) is 0 Å². The molecular formula is C10H11KN4O7S2. The van der Waals surface area contributed by atoms with Crippen LogP contribution in [0.4, 0.5) is 5.13 Å². The van der Waals surface area contributed by atoms with Crippen LogP contribution in [0.2, 0.25) is 0 Å². The molecule has 3 amide bonds. The molecule has 1 aromatic rings. The van der Waals surface area contributed by atoms with Crippen LogP contribution < -0.4 is 10.6 Å². The summed E-state index contributed by atoms with van der Waals surface area (Å²) in [5.41, 5.74) is -0.233.